The normalized spacial score (nSPS) is 15.4. The highest BCUT2D eigenvalue weighted by Gasteiger charge is 2.12. The Morgan fingerprint density at radius 2 is 1.89 bits per heavy atom. The molecule has 5 heteroatoms. The lowest BCUT2D eigenvalue weighted by atomic mass is 10.2. The molecule has 1 aromatic heterocycles. The van der Waals surface area contributed by atoms with Gasteiger partial charge in [0.2, 0.25) is 0 Å². The van der Waals surface area contributed by atoms with Crippen molar-refractivity contribution in [3.05, 3.63) is 32.4 Å². The van der Waals surface area contributed by atoms with Crippen molar-refractivity contribution in [2.24, 2.45) is 0 Å². The number of hydrogen-bond donors (Lipinski definition) is 1. The Balaban J connectivity index is 2.35. The SMILES string of the molecule is N=c1c2cc(Br)c(Br)cc2nc2n1CCCCC2. The number of aromatic nitrogens is 2. The molecule has 0 aliphatic carbocycles. The third-order valence-electron chi connectivity index (χ3n) is 3.41. The molecule has 1 aliphatic heterocycles. The maximum Gasteiger partial charge on any atom is 0.135 e. The molecule has 2 heterocycles. The molecule has 0 fully saturated rings. The fourth-order valence-corrected chi connectivity index (χ4v) is 3.13. The Hall–Kier alpha value is -0.680. The molecule has 2 aromatic rings. The zero-order valence-electron chi connectivity index (χ0n) is 9.84. The monoisotopic (exact) mass is 369 g/mol. The number of rotatable bonds is 0. The van der Waals surface area contributed by atoms with Gasteiger partial charge in [-0.15, -0.1) is 0 Å². The summed E-state index contributed by atoms with van der Waals surface area (Å²) in [5.41, 5.74) is 1.49. The molecule has 3 nitrogen and oxygen atoms in total. The molecule has 0 saturated carbocycles. The van der Waals surface area contributed by atoms with Crippen molar-refractivity contribution < 1.29 is 0 Å². The smallest absolute Gasteiger partial charge is 0.135 e. The highest BCUT2D eigenvalue weighted by molar-refractivity contribution is 9.13. The average Bonchev–Trinajstić information content (AvgIpc) is 2.58. The van der Waals surface area contributed by atoms with Crippen LogP contribution in [-0.4, -0.2) is 9.55 Å². The number of aryl methyl sites for hydroxylation is 1. The maximum atomic E-state index is 8.37. The summed E-state index contributed by atoms with van der Waals surface area (Å²) >= 11 is 6.99. The van der Waals surface area contributed by atoms with Crippen LogP contribution in [0.1, 0.15) is 25.1 Å². The van der Waals surface area contributed by atoms with Crippen LogP contribution < -0.4 is 5.49 Å². The van der Waals surface area contributed by atoms with Crippen molar-refractivity contribution in [1.29, 1.82) is 5.41 Å². The van der Waals surface area contributed by atoms with Gasteiger partial charge in [-0.2, -0.15) is 0 Å². The second-order valence-electron chi connectivity index (χ2n) is 4.62. The quantitative estimate of drug-likeness (QED) is 0.753. The first-order valence-electron chi connectivity index (χ1n) is 6.10. The van der Waals surface area contributed by atoms with Gasteiger partial charge in [0.05, 0.1) is 5.52 Å². The number of benzene rings is 1. The minimum Gasteiger partial charge on any atom is -0.314 e. The van der Waals surface area contributed by atoms with E-state index >= 15 is 0 Å². The van der Waals surface area contributed by atoms with Crippen molar-refractivity contribution in [2.75, 3.05) is 0 Å². The molecule has 3 rings (SSSR count). The summed E-state index contributed by atoms with van der Waals surface area (Å²) in [6, 6.07) is 3.97. The molecular weight excluding hydrogens is 358 g/mol. The van der Waals surface area contributed by atoms with Crippen LogP contribution in [0.15, 0.2) is 21.1 Å². The van der Waals surface area contributed by atoms with Gasteiger partial charge in [0.15, 0.2) is 0 Å². The molecule has 18 heavy (non-hydrogen) atoms. The summed E-state index contributed by atoms with van der Waals surface area (Å²) in [5, 5.41) is 9.28. The van der Waals surface area contributed by atoms with Crippen molar-refractivity contribution in [1.82, 2.24) is 9.55 Å². The number of hydrogen-bond acceptors (Lipinski definition) is 2. The van der Waals surface area contributed by atoms with Gasteiger partial charge in [-0.1, -0.05) is 6.42 Å². The van der Waals surface area contributed by atoms with E-state index in [1.165, 1.54) is 12.8 Å². The van der Waals surface area contributed by atoms with Gasteiger partial charge in [0.1, 0.15) is 11.3 Å². The first-order valence-corrected chi connectivity index (χ1v) is 7.68. The van der Waals surface area contributed by atoms with Gasteiger partial charge in [-0.05, 0) is 56.8 Å². The average molecular weight is 371 g/mol. The number of halogens is 2. The minimum atomic E-state index is 0.588. The summed E-state index contributed by atoms with van der Waals surface area (Å²) < 4.78 is 4.02. The van der Waals surface area contributed by atoms with Crippen LogP contribution in [0.2, 0.25) is 0 Å². The lowest BCUT2D eigenvalue weighted by Crippen LogP contribution is -2.24. The lowest BCUT2D eigenvalue weighted by Gasteiger charge is -2.12. The molecule has 1 aromatic carbocycles. The van der Waals surface area contributed by atoms with Crippen LogP contribution in [0.5, 0.6) is 0 Å². The van der Waals surface area contributed by atoms with Crippen LogP contribution in [0, 0.1) is 5.41 Å². The molecule has 0 saturated heterocycles. The second-order valence-corrected chi connectivity index (χ2v) is 6.33. The highest BCUT2D eigenvalue weighted by Crippen LogP contribution is 2.27. The lowest BCUT2D eigenvalue weighted by molar-refractivity contribution is 0.602. The molecule has 1 N–H and O–H groups in total. The fourth-order valence-electron chi connectivity index (χ4n) is 2.45. The van der Waals surface area contributed by atoms with Crippen molar-refractivity contribution in [2.45, 2.75) is 32.2 Å². The summed E-state index contributed by atoms with van der Waals surface area (Å²) in [6.45, 7) is 0.921. The van der Waals surface area contributed by atoms with Crippen molar-refractivity contribution >= 4 is 42.8 Å². The van der Waals surface area contributed by atoms with Gasteiger partial charge in [0, 0.05) is 27.3 Å². The molecule has 1 aliphatic rings. The predicted molar refractivity (Wildman–Crippen MR) is 78.5 cm³/mol. The first-order chi connectivity index (χ1) is 8.66. The van der Waals surface area contributed by atoms with Crippen LogP contribution in [0.25, 0.3) is 10.9 Å². The zero-order chi connectivity index (χ0) is 12.7. The zero-order valence-corrected chi connectivity index (χ0v) is 13.0. The number of fused-ring (bicyclic) bond motifs is 2. The molecule has 0 radical (unpaired) electrons. The van der Waals surface area contributed by atoms with Gasteiger partial charge < -0.3 is 4.57 Å². The third-order valence-corrected chi connectivity index (χ3v) is 5.25. The standard InChI is InChI=1S/C13H13Br2N3/c14-9-6-8-11(7-10(9)15)17-12-4-2-1-3-5-18(12)13(8)16/h6-7,16H,1-5H2. The van der Waals surface area contributed by atoms with Gasteiger partial charge in [-0.25, -0.2) is 4.98 Å². The van der Waals surface area contributed by atoms with Crippen LogP contribution in [0.3, 0.4) is 0 Å². The Kier molecular flexibility index (Phi) is 3.28. The molecule has 0 atom stereocenters. The highest BCUT2D eigenvalue weighted by atomic mass is 79.9. The summed E-state index contributed by atoms with van der Waals surface area (Å²) in [5.74, 6) is 1.05. The van der Waals surface area contributed by atoms with E-state index in [4.69, 9.17) is 10.4 Å². The van der Waals surface area contributed by atoms with E-state index in [-0.39, 0.29) is 0 Å². The predicted octanol–water partition coefficient (Wildman–Crippen LogP) is 3.77. The van der Waals surface area contributed by atoms with Gasteiger partial charge in [-0.3, -0.25) is 5.41 Å². The first kappa shape index (κ1) is 12.4. The summed E-state index contributed by atoms with van der Waals surface area (Å²) in [6.07, 6.45) is 4.53. The fraction of sp³-hybridized carbons (Fsp3) is 0.385. The maximum absolute atomic E-state index is 8.37. The molecule has 0 spiro atoms. The van der Waals surface area contributed by atoms with E-state index in [0.29, 0.717) is 5.49 Å². The molecule has 0 unspecified atom stereocenters. The van der Waals surface area contributed by atoms with Crippen LogP contribution in [-0.2, 0) is 13.0 Å². The van der Waals surface area contributed by atoms with E-state index in [0.717, 1.165) is 45.1 Å². The Bertz CT molecular complexity index is 676. The van der Waals surface area contributed by atoms with Crippen molar-refractivity contribution in [3.8, 4) is 0 Å². The van der Waals surface area contributed by atoms with E-state index in [9.17, 15) is 0 Å². The topological polar surface area (TPSA) is 41.7 Å². The summed E-state index contributed by atoms with van der Waals surface area (Å²) in [7, 11) is 0. The second kappa shape index (κ2) is 4.78. The van der Waals surface area contributed by atoms with Crippen molar-refractivity contribution in [3.63, 3.8) is 0 Å². The van der Waals surface area contributed by atoms with Gasteiger partial charge >= 0.3 is 0 Å². The van der Waals surface area contributed by atoms with E-state index in [1.54, 1.807) is 0 Å². The summed E-state index contributed by atoms with van der Waals surface area (Å²) in [4.78, 5) is 4.73. The Morgan fingerprint density at radius 1 is 1.11 bits per heavy atom. The Morgan fingerprint density at radius 3 is 2.72 bits per heavy atom. The van der Waals surface area contributed by atoms with E-state index in [2.05, 4.69) is 36.4 Å². The minimum absolute atomic E-state index is 0.588. The van der Waals surface area contributed by atoms with E-state index in [1.807, 2.05) is 12.1 Å². The van der Waals surface area contributed by atoms with Gasteiger partial charge in [0.25, 0.3) is 0 Å². The molecule has 0 amide bonds. The van der Waals surface area contributed by atoms with E-state index < -0.39 is 0 Å². The third kappa shape index (κ3) is 2.03. The Labute approximate surface area is 122 Å². The number of nitrogens with one attached hydrogen (secondary N) is 1. The number of nitrogens with zero attached hydrogens (tertiary/aromatic N) is 2. The molecule has 0 bridgehead atoms. The van der Waals surface area contributed by atoms with Crippen LogP contribution >= 0.6 is 31.9 Å². The van der Waals surface area contributed by atoms with Crippen LogP contribution in [0.4, 0.5) is 0 Å². The molecular formula is C13H13Br2N3. The molecule has 94 valence electrons. The largest absolute Gasteiger partial charge is 0.314 e.